The number of imidazole rings is 1. The first-order valence-electron chi connectivity index (χ1n) is 7.73. The number of hydrogen-bond donors (Lipinski definition) is 0. The lowest BCUT2D eigenvalue weighted by molar-refractivity contribution is 0.0656. The van der Waals surface area contributed by atoms with Gasteiger partial charge in [-0.05, 0) is 42.8 Å². The second-order valence-corrected chi connectivity index (χ2v) is 6.47. The average molecular weight is 364 g/mol. The Bertz CT molecular complexity index is 878. The van der Waals surface area contributed by atoms with Crippen LogP contribution in [0.5, 0.6) is 0 Å². The maximum Gasteiger partial charge on any atom is 0.321 e. The lowest BCUT2D eigenvalue weighted by Gasteiger charge is -2.07. The molecule has 0 aliphatic heterocycles. The molecule has 0 spiro atoms. The van der Waals surface area contributed by atoms with Gasteiger partial charge in [0.05, 0.1) is 11.0 Å². The number of thioether (sulfide) groups is 1. The number of Topliss-reactive ketones (excluding diaryl/α,β-unsaturated/α-hetero) is 1. The van der Waals surface area contributed by atoms with Crippen LogP contribution < -0.4 is 0 Å². The summed E-state index contributed by atoms with van der Waals surface area (Å²) in [6.07, 6.45) is 0.793. The van der Waals surface area contributed by atoms with Crippen LogP contribution in [0.1, 0.15) is 29.7 Å². The van der Waals surface area contributed by atoms with Crippen molar-refractivity contribution in [1.82, 2.24) is 9.55 Å². The zero-order valence-corrected chi connectivity index (χ0v) is 14.0. The number of halogens is 3. The Labute approximate surface area is 146 Å². The summed E-state index contributed by atoms with van der Waals surface area (Å²) >= 11 is 1.20. The molecule has 2 aromatic carbocycles. The van der Waals surface area contributed by atoms with E-state index < -0.39 is 12.4 Å². The van der Waals surface area contributed by atoms with Crippen molar-refractivity contribution in [2.24, 2.45) is 0 Å². The lowest BCUT2D eigenvalue weighted by Crippen LogP contribution is -2.02. The molecule has 0 aliphatic carbocycles. The minimum absolute atomic E-state index is 0.0945. The van der Waals surface area contributed by atoms with Gasteiger partial charge in [-0.25, -0.2) is 9.37 Å². The van der Waals surface area contributed by atoms with E-state index in [1.165, 1.54) is 36.0 Å². The molecule has 0 aliphatic rings. The van der Waals surface area contributed by atoms with E-state index in [1.807, 2.05) is 0 Å². The standard InChI is InChI=1S/C18H15F3N2OS/c19-13-9-7-12(8-10-13)16(24)6-3-11-25-18-22-14-4-1-2-5-15(14)23(18)17(20)21/h1-2,4-5,7-10,17H,3,6,11H2. The Kier molecular flexibility index (Phi) is 5.43. The highest BCUT2D eigenvalue weighted by molar-refractivity contribution is 7.99. The molecule has 3 rings (SSSR count). The number of carbonyl (C=O) groups is 1. The first kappa shape index (κ1) is 17.5. The Morgan fingerprint density at radius 3 is 2.56 bits per heavy atom. The third-order valence-electron chi connectivity index (χ3n) is 3.70. The van der Waals surface area contributed by atoms with Crippen LogP contribution in [-0.2, 0) is 0 Å². The number of para-hydroxylation sites is 2. The zero-order valence-electron chi connectivity index (χ0n) is 13.2. The number of aromatic nitrogens is 2. The molecule has 0 N–H and O–H groups in total. The van der Waals surface area contributed by atoms with Crippen LogP contribution in [0.3, 0.4) is 0 Å². The fourth-order valence-corrected chi connectivity index (χ4v) is 3.44. The maximum absolute atomic E-state index is 13.3. The third kappa shape index (κ3) is 4.04. The van der Waals surface area contributed by atoms with Gasteiger partial charge in [0.15, 0.2) is 10.9 Å². The van der Waals surface area contributed by atoms with E-state index >= 15 is 0 Å². The van der Waals surface area contributed by atoms with Gasteiger partial charge in [-0.2, -0.15) is 8.78 Å². The average Bonchev–Trinajstić information content (AvgIpc) is 2.97. The van der Waals surface area contributed by atoms with Crippen LogP contribution in [0, 0.1) is 5.82 Å². The van der Waals surface area contributed by atoms with Crippen molar-refractivity contribution in [2.75, 3.05) is 5.75 Å². The highest BCUT2D eigenvalue weighted by Gasteiger charge is 2.17. The van der Waals surface area contributed by atoms with E-state index in [4.69, 9.17) is 0 Å². The number of fused-ring (bicyclic) bond motifs is 1. The molecule has 1 aromatic heterocycles. The molecule has 1 heterocycles. The molecule has 0 unspecified atom stereocenters. The molecule has 0 atom stereocenters. The van der Waals surface area contributed by atoms with Crippen molar-refractivity contribution < 1.29 is 18.0 Å². The molecule has 0 radical (unpaired) electrons. The van der Waals surface area contributed by atoms with Gasteiger partial charge in [-0.1, -0.05) is 23.9 Å². The van der Waals surface area contributed by atoms with Gasteiger partial charge in [-0.3, -0.25) is 9.36 Å². The highest BCUT2D eigenvalue weighted by Crippen LogP contribution is 2.29. The van der Waals surface area contributed by atoms with Crippen LogP contribution in [0.4, 0.5) is 13.2 Å². The Morgan fingerprint density at radius 2 is 1.84 bits per heavy atom. The summed E-state index contributed by atoms with van der Waals surface area (Å²) in [6, 6.07) is 12.1. The second-order valence-electron chi connectivity index (χ2n) is 5.41. The number of nitrogens with zero attached hydrogens (tertiary/aromatic N) is 2. The molecule has 0 saturated heterocycles. The molecule has 0 fully saturated rings. The van der Waals surface area contributed by atoms with Gasteiger partial charge in [0.2, 0.25) is 0 Å². The molecule has 0 amide bonds. The number of benzene rings is 2. The number of ketones is 1. The molecular weight excluding hydrogens is 349 g/mol. The van der Waals surface area contributed by atoms with Crippen LogP contribution in [0.25, 0.3) is 11.0 Å². The van der Waals surface area contributed by atoms with Crippen molar-refractivity contribution in [1.29, 1.82) is 0 Å². The molecule has 0 saturated carbocycles. The number of carbonyl (C=O) groups excluding carboxylic acids is 1. The largest absolute Gasteiger partial charge is 0.321 e. The molecule has 3 aromatic rings. The van der Waals surface area contributed by atoms with Gasteiger partial charge >= 0.3 is 6.55 Å². The first-order valence-corrected chi connectivity index (χ1v) is 8.71. The molecule has 3 nitrogen and oxygen atoms in total. The van der Waals surface area contributed by atoms with Crippen LogP contribution in [0.15, 0.2) is 53.7 Å². The predicted molar refractivity (Wildman–Crippen MR) is 91.7 cm³/mol. The van der Waals surface area contributed by atoms with Gasteiger partial charge in [0, 0.05) is 17.7 Å². The molecular formula is C18H15F3N2OS. The minimum atomic E-state index is -2.67. The molecule has 25 heavy (non-hydrogen) atoms. The molecule has 0 bridgehead atoms. The number of alkyl halides is 2. The smallest absolute Gasteiger partial charge is 0.294 e. The third-order valence-corrected chi connectivity index (χ3v) is 4.74. The van der Waals surface area contributed by atoms with Crippen molar-refractivity contribution in [3.63, 3.8) is 0 Å². The summed E-state index contributed by atoms with van der Waals surface area (Å²) in [7, 11) is 0. The Morgan fingerprint density at radius 1 is 1.12 bits per heavy atom. The Hall–Kier alpha value is -2.28. The number of hydrogen-bond acceptors (Lipinski definition) is 3. The van der Waals surface area contributed by atoms with E-state index in [0.717, 1.165) is 4.57 Å². The number of rotatable bonds is 7. The van der Waals surface area contributed by atoms with Crippen molar-refractivity contribution in [3.05, 3.63) is 59.9 Å². The SMILES string of the molecule is O=C(CCCSc1nc2ccccc2n1C(F)F)c1ccc(F)cc1. The molecule has 130 valence electrons. The highest BCUT2D eigenvalue weighted by atomic mass is 32.2. The van der Waals surface area contributed by atoms with Crippen LogP contribution in [-0.4, -0.2) is 21.1 Å². The normalized spacial score (nSPS) is 11.4. The van der Waals surface area contributed by atoms with Crippen LogP contribution >= 0.6 is 11.8 Å². The fourth-order valence-electron chi connectivity index (χ4n) is 2.49. The van der Waals surface area contributed by atoms with E-state index in [1.54, 1.807) is 24.3 Å². The predicted octanol–water partition coefficient (Wildman–Crippen LogP) is 5.33. The first-order chi connectivity index (χ1) is 12.1. The minimum Gasteiger partial charge on any atom is -0.294 e. The van der Waals surface area contributed by atoms with Crippen molar-refractivity contribution >= 4 is 28.6 Å². The summed E-state index contributed by atoms with van der Waals surface area (Å²) in [5.41, 5.74) is 1.36. The van der Waals surface area contributed by atoms with E-state index in [-0.39, 0.29) is 17.4 Å². The van der Waals surface area contributed by atoms with E-state index in [9.17, 15) is 18.0 Å². The summed E-state index contributed by atoms with van der Waals surface area (Å²) in [6.45, 7) is -2.67. The van der Waals surface area contributed by atoms with Crippen molar-refractivity contribution in [3.8, 4) is 0 Å². The summed E-state index contributed by atoms with van der Waals surface area (Å²) in [5.74, 6) is 0.00385. The Balaban J connectivity index is 1.60. The van der Waals surface area contributed by atoms with Gasteiger partial charge < -0.3 is 0 Å². The fraction of sp³-hybridized carbons (Fsp3) is 0.222. The van der Waals surface area contributed by atoms with Crippen molar-refractivity contribution in [2.45, 2.75) is 24.5 Å². The van der Waals surface area contributed by atoms with E-state index in [2.05, 4.69) is 4.98 Å². The van der Waals surface area contributed by atoms with Gasteiger partial charge in [-0.15, -0.1) is 0 Å². The van der Waals surface area contributed by atoms with Gasteiger partial charge in [0.25, 0.3) is 0 Å². The summed E-state index contributed by atoms with van der Waals surface area (Å²) in [4.78, 5) is 16.2. The summed E-state index contributed by atoms with van der Waals surface area (Å²) in [5, 5.41) is 0.241. The van der Waals surface area contributed by atoms with Crippen LogP contribution in [0.2, 0.25) is 0 Å². The second kappa shape index (κ2) is 7.74. The topological polar surface area (TPSA) is 34.9 Å². The zero-order chi connectivity index (χ0) is 17.8. The van der Waals surface area contributed by atoms with Gasteiger partial charge in [0.1, 0.15) is 5.82 Å². The van der Waals surface area contributed by atoms with E-state index in [0.29, 0.717) is 28.8 Å². The lowest BCUT2D eigenvalue weighted by atomic mass is 10.1. The monoisotopic (exact) mass is 364 g/mol. The quantitative estimate of drug-likeness (QED) is 0.323. The maximum atomic E-state index is 13.3. The summed E-state index contributed by atoms with van der Waals surface area (Å²) < 4.78 is 40.4. The molecule has 7 heteroatoms.